The lowest BCUT2D eigenvalue weighted by molar-refractivity contribution is 0.102. The van der Waals surface area contributed by atoms with E-state index < -0.39 is 11.7 Å². The first-order valence-corrected chi connectivity index (χ1v) is 5.76. The predicted molar refractivity (Wildman–Crippen MR) is 68.0 cm³/mol. The van der Waals surface area contributed by atoms with Crippen molar-refractivity contribution in [3.05, 3.63) is 52.5 Å². The van der Waals surface area contributed by atoms with Gasteiger partial charge < -0.3 is 10.4 Å². The first kappa shape index (κ1) is 12.5. The maximum absolute atomic E-state index is 13.5. The highest BCUT2D eigenvalue weighted by molar-refractivity contribution is 9.10. The SMILES string of the molecule is O=C(Nc1ccncc1Br)c1ccc(O)cc1F. The van der Waals surface area contributed by atoms with Crippen LogP contribution in [0.1, 0.15) is 10.4 Å². The van der Waals surface area contributed by atoms with Crippen molar-refractivity contribution in [3.8, 4) is 5.75 Å². The highest BCUT2D eigenvalue weighted by Gasteiger charge is 2.13. The normalized spacial score (nSPS) is 10.1. The Bertz CT molecular complexity index is 604. The Morgan fingerprint density at radius 2 is 2.17 bits per heavy atom. The van der Waals surface area contributed by atoms with Gasteiger partial charge in [-0.25, -0.2) is 4.39 Å². The Morgan fingerprint density at radius 3 is 2.83 bits per heavy atom. The number of nitrogens with one attached hydrogen (secondary N) is 1. The highest BCUT2D eigenvalue weighted by atomic mass is 79.9. The number of phenols is 1. The summed E-state index contributed by atoms with van der Waals surface area (Å²) in [6.07, 6.45) is 3.02. The largest absolute Gasteiger partial charge is 0.508 e. The molecule has 2 N–H and O–H groups in total. The molecule has 6 heteroatoms. The molecule has 1 aromatic heterocycles. The Hall–Kier alpha value is -1.95. The molecule has 0 aliphatic carbocycles. The standard InChI is InChI=1S/C12H8BrFN2O2/c13-9-6-15-4-3-11(9)16-12(18)8-2-1-7(17)5-10(8)14/h1-6,17H,(H,15,16,18). The Kier molecular flexibility index (Phi) is 3.57. The predicted octanol–water partition coefficient (Wildman–Crippen LogP) is 2.94. The fraction of sp³-hybridized carbons (Fsp3) is 0. The van der Waals surface area contributed by atoms with Crippen molar-refractivity contribution in [1.29, 1.82) is 0 Å². The van der Waals surface area contributed by atoms with Gasteiger partial charge in [-0.15, -0.1) is 0 Å². The summed E-state index contributed by atoms with van der Waals surface area (Å²) in [6, 6.07) is 4.94. The summed E-state index contributed by atoms with van der Waals surface area (Å²) in [6.45, 7) is 0. The topological polar surface area (TPSA) is 62.2 Å². The van der Waals surface area contributed by atoms with Crippen molar-refractivity contribution in [3.63, 3.8) is 0 Å². The lowest BCUT2D eigenvalue weighted by Crippen LogP contribution is -2.14. The molecule has 1 amide bonds. The van der Waals surface area contributed by atoms with E-state index in [0.717, 1.165) is 6.07 Å². The van der Waals surface area contributed by atoms with E-state index >= 15 is 0 Å². The van der Waals surface area contributed by atoms with Crippen LogP contribution < -0.4 is 5.32 Å². The van der Waals surface area contributed by atoms with Gasteiger partial charge in [0, 0.05) is 18.5 Å². The van der Waals surface area contributed by atoms with Crippen LogP contribution in [-0.2, 0) is 0 Å². The van der Waals surface area contributed by atoms with Gasteiger partial charge in [-0.05, 0) is 34.1 Å². The summed E-state index contributed by atoms with van der Waals surface area (Å²) < 4.78 is 14.1. The molecule has 2 rings (SSSR count). The lowest BCUT2D eigenvalue weighted by Gasteiger charge is -2.07. The number of aromatic hydroxyl groups is 1. The van der Waals surface area contributed by atoms with Gasteiger partial charge >= 0.3 is 0 Å². The molecule has 92 valence electrons. The molecular formula is C12H8BrFN2O2. The second kappa shape index (κ2) is 5.14. The smallest absolute Gasteiger partial charge is 0.258 e. The average molecular weight is 311 g/mol. The van der Waals surface area contributed by atoms with Crippen LogP contribution in [0.2, 0.25) is 0 Å². The summed E-state index contributed by atoms with van der Waals surface area (Å²) >= 11 is 3.22. The summed E-state index contributed by atoms with van der Waals surface area (Å²) in [5.41, 5.74) is 0.346. The number of rotatable bonds is 2. The van der Waals surface area contributed by atoms with Crippen molar-refractivity contribution in [2.45, 2.75) is 0 Å². The number of carbonyl (C=O) groups excluding carboxylic acids is 1. The van der Waals surface area contributed by atoms with Crippen LogP contribution in [0.5, 0.6) is 5.75 Å². The molecule has 0 unspecified atom stereocenters. The Labute approximate surface area is 111 Å². The van der Waals surface area contributed by atoms with Gasteiger partial charge in [0.05, 0.1) is 15.7 Å². The number of phenolic OH excluding ortho intramolecular Hbond substituents is 1. The number of amides is 1. The third-order valence-electron chi connectivity index (χ3n) is 2.22. The number of hydrogen-bond acceptors (Lipinski definition) is 3. The zero-order chi connectivity index (χ0) is 13.1. The summed E-state index contributed by atoms with van der Waals surface area (Å²) in [5.74, 6) is -1.61. The molecule has 0 saturated carbocycles. The van der Waals surface area contributed by atoms with Crippen LogP contribution in [-0.4, -0.2) is 16.0 Å². The van der Waals surface area contributed by atoms with Gasteiger partial charge in [0.1, 0.15) is 11.6 Å². The summed E-state index contributed by atoms with van der Waals surface area (Å²) in [4.78, 5) is 15.7. The monoisotopic (exact) mass is 310 g/mol. The van der Waals surface area contributed by atoms with Crippen molar-refractivity contribution in [2.24, 2.45) is 0 Å². The van der Waals surface area contributed by atoms with E-state index in [0.29, 0.717) is 10.2 Å². The maximum atomic E-state index is 13.5. The number of nitrogens with zero attached hydrogens (tertiary/aromatic N) is 1. The summed E-state index contributed by atoms with van der Waals surface area (Å²) in [5, 5.41) is 11.6. The molecule has 1 aromatic carbocycles. The quantitative estimate of drug-likeness (QED) is 0.896. The third kappa shape index (κ3) is 2.65. The van der Waals surface area contributed by atoms with Gasteiger partial charge in [-0.1, -0.05) is 0 Å². The van der Waals surface area contributed by atoms with E-state index in [4.69, 9.17) is 5.11 Å². The second-order valence-corrected chi connectivity index (χ2v) is 4.33. The van der Waals surface area contributed by atoms with E-state index in [9.17, 15) is 9.18 Å². The van der Waals surface area contributed by atoms with Crippen LogP contribution in [0.4, 0.5) is 10.1 Å². The van der Waals surface area contributed by atoms with Crippen LogP contribution in [0.15, 0.2) is 41.1 Å². The fourth-order valence-corrected chi connectivity index (χ4v) is 1.70. The number of pyridine rings is 1. The number of anilines is 1. The molecule has 0 bridgehead atoms. The number of hydrogen-bond donors (Lipinski definition) is 2. The van der Waals surface area contributed by atoms with Gasteiger partial charge in [0.2, 0.25) is 0 Å². The van der Waals surface area contributed by atoms with E-state index in [1.807, 2.05) is 0 Å². The molecule has 2 aromatic rings. The van der Waals surface area contributed by atoms with Gasteiger partial charge in [-0.3, -0.25) is 9.78 Å². The van der Waals surface area contributed by atoms with Crippen molar-refractivity contribution >= 4 is 27.5 Å². The van der Waals surface area contributed by atoms with Crippen LogP contribution >= 0.6 is 15.9 Å². The molecule has 4 nitrogen and oxygen atoms in total. The molecule has 0 spiro atoms. The number of halogens is 2. The zero-order valence-electron chi connectivity index (χ0n) is 9.02. The fourth-order valence-electron chi connectivity index (χ4n) is 1.35. The van der Waals surface area contributed by atoms with E-state index in [1.165, 1.54) is 24.5 Å². The van der Waals surface area contributed by atoms with Gasteiger partial charge in [0.25, 0.3) is 5.91 Å². The lowest BCUT2D eigenvalue weighted by atomic mass is 10.2. The number of aromatic nitrogens is 1. The Morgan fingerprint density at radius 1 is 1.39 bits per heavy atom. The average Bonchev–Trinajstić information content (AvgIpc) is 2.32. The Balaban J connectivity index is 2.25. The first-order valence-electron chi connectivity index (χ1n) is 4.97. The molecule has 1 heterocycles. The van der Waals surface area contributed by atoms with Crippen LogP contribution in [0.3, 0.4) is 0 Å². The van der Waals surface area contributed by atoms with Crippen molar-refractivity contribution in [1.82, 2.24) is 4.98 Å². The summed E-state index contributed by atoms with van der Waals surface area (Å²) in [7, 11) is 0. The minimum absolute atomic E-state index is 0.142. The molecule has 0 fully saturated rings. The van der Waals surface area contributed by atoms with Crippen molar-refractivity contribution in [2.75, 3.05) is 5.32 Å². The van der Waals surface area contributed by atoms with E-state index in [2.05, 4.69) is 26.2 Å². The van der Waals surface area contributed by atoms with Crippen LogP contribution in [0, 0.1) is 5.82 Å². The molecule has 0 atom stereocenters. The van der Waals surface area contributed by atoms with Crippen LogP contribution in [0.25, 0.3) is 0 Å². The third-order valence-corrected chi connectivity index (χ3v) is 2.85. The molecule has 0 aliphatic heterocycles. The minimum Gasteiger partial charge on any atom is -0.508 e. The molecule has 0 radical (unpaired) electrons. The van der Waals surface area contributed by atoms with E-state index in [-0.39, 0.29) is 11.3 Å². The first-order chi connectivity index (χ1) is 8.58. The second-order valence-electron chi connectivity index (χ2n) is 3.47. The number of carbonyl (C=O) groups is 1. The highest BCUT2D eigenvalue weighted by Crippen LogP contribution is 2.22. The molecule has 0 aliphatic rings. The molecular weight excluding hydrogens is 303 g/mol. The van der Waals surface area contributed by atoms with Gasteiger partial charge in [0.15, 0.2) is 0 Å². The number of benzene rings is 1. The van der Waals surface area contributed by atoms with Gasteiger partial charge in [-0.2, -0.15) is 0 Å². The van der Waals surface area contributed by atoms with Crippen molar-refractivity contribution < 1.29 is 14.3 Å². The minimum atomic E-state index is -0.780. The van der Waals surface area contributed by atoms with E-state index in [1.54, 1.807) is 6.07 Å². The zero-order valence-corrected chi connectivity index (χ0v) is 10.6. The molecule has 18 heavy (non-hydrogen) atoms. The maximum Gasteiger partial charge on any atom is 0.258 e. The molecule has 0 saturated heterocycles.